The predicted molar refractivity (Wildman–Crippen MR) is 86.5 cm³/mol. The van der Waals surface area contributed by atoms with Gasteiger partial charge in [0.1, 0.15) is 5.82 Å². The topological polar surface area (TPSA) is 26.7 Å². The number of benzene rings is 1. The molecule has 2 fully saturated rings. The summed E-state index contributed by atoms with van der Waals surface area (Å²) in [6.07, 6.45) is 4.60. The minimum atomic E-state index is -0.610. The summed E-state index contributed by atoms with van der Waals surface area (Å²) in [5.74, 6) is -0.381. The SMILES string of the molecule is O[C@]1(CN2CCCCC2)CCN(Cc2ccc(F)c(Cl)c2)C1. The number of rotatable bonds is 4. The molecule has 2 heterocycles. The Kier molecular flexibility index (Phi) is 5.03. The van der Waals surface area contributed by atoms with Crippen molar-refractivity contribution in [3.8, 4) is 0 Å². The smallest absolute Gasteiger partial charge is 0.141 e. The fourth-order valence-electron chi connectivity index (χ4n) is 3.63. The average molecular weight is 327 g/mol. The number of aliphatic hydroxyl groups is 1. The molecule has 3 nitrogen and oxygen atoms in total. The lowest BCUT2D eigenvalue weighted by Gasteiger charge is -2.33. The van der Waals surface area contributed by atoms with Crippen LogP contribution in [0.1, 0.15) is 31.2 Å². The predicted octanol–water partition coefficient (Wildman–Crippen LogP) is 2.90. The van der Waals surface area contributed by atoms with Crippen molar-refractivity contribution in [2.24, 2.45) is 0 Å². The van der Waals surface area contributed by atoms with Crippen LogP contribution >= 0.6 is 11.6 Å². The first-order chi connectivity index (χ1) is 10.5. The lowest BCUT2D eigenvalue weighted by molar-refractivity contribution is 0.00635. The van der Waals surface area contributed by atoms with E-state index in [4.69, 9.17) is 11.6 Å². The molecule has 1 aromatic rings. The molecule has 1 aromatic carbocycles. The molecule has 0 spiro atoms. The largest absolute Gasteiger partial charge is 0.387 e. The molecular formula is C17H24ClFN2O. The molecule has 3 rings (SSSR count). The van der Waals surface area contributed by atoms with Gasteiger partial charge in [0.15, 0.2) is 0 Å². The Hall–Kier alpha value is -0.680. The molecule has 0 radical (unpaired) electrons. The molecular weight excluding hydrogens is 303 g/mol. The molecule has 122 valence electrons. The van der Waals surface area contributed by atoms with Gasteiger partial charge in [0.2, 0.25) is 0 Å². The van der Waals surface area contributed by atoms with Crippen molar-refractivity contribution in [2.45, 2.75) is 37.8 Å². The highest BCUT2D eigenvalue weighted by molar-refractivity contribution is 6.30. The lowest BCUT2D eigenvalue weighted by Crippen LogP contribution is -2.46. The highest BCUT2D eigenvalue weighted by Gasteiger charge is 2.37. The van der Waals surface area contributed by atoms with E-state index in [1.165, 1.54) is 25.3 Å². The number of halogens is 2. The third-order valence-corrected chi connectivity index (χ3v) is 5.06. The monoisotopic (exact) mass is 326 g/mol. The van der Waals surface area contributed by atoms with Crippen LogP contribution in [0.2, 0.25) is 5.02 Å². The highest BCUT2D eigenvalue weighted by atomic mass is 35.5. The van der Waals surface area contributed by atoms with Crippen LogP contribution in [0.25, 0.3) is 0 Å². The van der Waals surface area contributed by atoms with Crippen molar-refractivity contribution in [1.82, 2.24) is 9.80 Å². The van der Waals surface area contributed by atoms with E-state index in [2.05, 4.69) is 9.80 Å². The lowest BCUT2D eigenvalue weighted by atomic mass is 10.0. The van der Waals surface area contributed by atoms with Crippen LogP contribution in [0.5, 0.6) is 0 Å². The van der Waals surface area contributed by atoms with Gasteiger partial charge >= 0.3 is 0 Å². The molecule has 22 heavy (non-hydrogen) atoms. The first kappa shape index (κ1) is 16.2. The Morgan fingerprint density at radius 2 is 1.91 bits per heavy atom. The molecule has 0 aromatic heterocycles. The Morgan fingerprint density at radius 3 is 2.64 bits per heavy atom. The molecule has 5 heteroatoms. The summed E-state index contributed by atoms with van der Waals surface area (Å²) >= 11 is 5.83. The average Bonchev–Trinajstić information content (AvgIpc) is 2.85. The number of hydrogen-bond donors (Lipinski definition) is 1. The zero-order chi connectivity index (χ0) is 15.6. The molecule has 2 aliphatic heterocycles. The van der Waals surface area contributed by atoms with E-state index >= 15 is 0 Å². The summed E-state index contributed by atoms with van der Waals surface area (Å²) in [4.78, 5) is 4.62. The summed E-state index contributed by atoms with van der Waals surface area (Å²) in [7, 11) is 0. The van der Waals surface area contributed by atoms with Gasteiger partial charge in [-0.05, 0) is 50.0 Å². The van der Waals surface area contributed by atoms with Crippen molar-refractivity contribution in [2.75, 3.05) is 32.7 Å². The first-order valence-corrected chi connectivity index (χ1v) is 8.53. The molecule has 0 saturated carbocycles. The van der Waals surface area contributed by atoms with Crippen molar-refractivity contribution in [3.05, 3.63) is 34.6 Å². The first-order valence-electron chi connectivity index (χ1n) is 8.15. The number of piperidine rings is 1. The number of β-amino-alcohol motifs (C(OH)–C–C–N with tert-alkyl or cyclic N) is 1. The minimum Gasteiger partial charge on any atom is -0.387 e. The van der Waals surface area contributed by atoms with Crippen molar-refractivity contribution >= 4 is 11.6 Å². The number of hydrogen-bond acceptors (Lipinski definition) is 3. The van der Waals surface area contributed by atoms with Gasteiger partial charge in [-0.25, -0.2) is 4.39 Å². The van der Waals surface area contributed by atoms with E-state index in [9.17, 15) is 9.50 Å². The standard InChI is InChI=1S/C17H24ClFN2O/c18-15-10-14(4-5-16(15)19)11-21-9-6-17(22,13-21)12-20-7-2-1-3-8-20/h4-5,10,22H,1-3,6-9,11-13H2/t17-/m0/s1. The normalized spacial score (nSPS) is 27.4. The highest BCUT2D eigenvalue weighted by Crippen LogP contribution is 2.26. The maximum absolute atomic E-state index is 13.2. The van der Waals surface area contributed by atoms with Gasteiger partial charge in [0.05, 0.1) is 10.6 Å². The minimum absolute atomic E-state index is 0.167. The van der Waals surface area contributed by atoms with E-state index in [0.717, 1.165) is 38.2 Å². The van der Waals surface area contributed by atoms with E-state index in [-0.39, 0.29) is 10.8 Å². The summed E-state index contributed by atoms with van der Waals surface area (Å²) in [5, 5.41) is 11.0. The second-order valence-corrected chi connectivity index (χ2v) is 7.18. The summed E-state index contributed by atoms with van der Waals surface area (Å²) in [5.41, 5.74) is 0.384. The summed E-state index contributed by atoms with van der Waals surface area (Å²) < 4.78 is 13.2. The van der Waals surface area contributed by atoms with Gasteiger partial charge < -0.3 is 10.0 Å². The van der Waals surface area contributed by atoms with Crippen LogP contribution < -0.4 is 0 Å². The van der Waals surface area contributed by atoms with E-state index < -0.39 is 5.60 Å². The Balaban J connectivity index is 1.55. The Labute approximate surface area is 136 Å². The fourth-order valence-corrected chi connectivity index (χ4v) is 3.84. The molecule has 2 aliphatic rings. The van der Waals surface area contributed by atoms with Gasteiger partial charge in [-0.2, -0.15) is 0 Å². The van der Waals surface area contributed by atoms with Crippen LogP contribution in [-0.2, 0) is 6.54 Å². The van der Waals surface area contributed by atoms with Gasteiger partial charge in [0, 0.05) is 26.2 Å². The van der Waals surface area contributed by atoms with Gasteiger partial charge in [-0.3, -0.25) is 4.90 Å². The Bertz CT molecular complexity index is 521. The Morgan fingerprint density at radius 1 is 1.14 bits per heavy atom. The van der Waals surface area contributed by atoms with Crippen LogP contribution in [0.4, 0.5) is 4.39 Å². The maximum atomic E-state index is 13.2. The zero-order valence-corrected chi connectivity index (χ0v) is 13.7. The molecule has 1 N–H and O–H groups in total. The number of nitrogens with zero attached hydrogens (tertiary/aromatic N) is 2. The van der Waals surface area contributed by atoms with Crippen LogP contribution in [-0.4, -0.2) is 53.2 Å². The quantitative estimate of drug-likeness (QED) is 0.921. The molecule has 0 amide bonds. The van der Waals surface area contributed by atoms with E-state index in [1.807, 2.05) is 0 Å². The maximum Gasteiger partial charge on any atom is 0.141 e. The summed E-state index contributed by atoms with van der Waals surface area (Å²) in [6.45, 7) is 5.25. The van der Waals surface area contributed by atoms with Crippen molar-refractivity contribution < 1.29 is 9.50 Å². The second-order valence-electron chi connectivity index (χ2n) is 6.77. The van der Waals surface area contributed by atoms with Gasteiger partial charge in [-0.1, -0.05) is 24.1 Å². The second kappa shape index (κ2) is 6.83. The van der Waals surface area contributed by atoms with Crippen LogP contribution in [0, 0.1) is 5.82 Å². The molecule has 0 unspecified atom stereocenters. The van der Waals surface area contributed by atoms with Crippen LogP contribution in [0.15, 0.2) is 18.2 Å². The van der Waals surface area contributed by atoms with Crippen molar-refractivity contribution in [3.63, 3.8) is 0 Å². The molecule has 0 aliphatic carbocycles. The molecule has 2 saturated heterocycles. The fraction of sp³-hybridized carbons (Fsp3) is 0.647. The van der Waals surface area contributed by atoms with Gasteiger partial charge in [-0.15, -0.1) is 0 Å². The third-order valence-electron chi connectivity index (χ3n) is 4.77. The molecule has 1 atom stereocenters. The van der Waals surface area contributed by atoms with Crippen molar-refractivity contribution in [1.29, 1.82) is 0 Å². The zero-order valence-electron chi connectivity index (χ0n) is 12.9. The van der Waals surface area contributed by atoms with Gasteiger partial charge in [0.25, 0.3) is 0 Å². The van der Waals surface area contributed by atoms with E-state index in [1.54, 1.807) is 12.1 Å². The summed E-state index contributed by atoms with van der Waals surface area (Å²) in [6, 6.07) is 4.86. The van der Waals surface area contributed by atoms with E-state index in [0.29, 0.717) is 13.1 Å². The molecule has 0 bridgehead atoms. The number of likely N-dealkylation sites (tertiary alicyclic amines) is 2. The third kappa shape index (κ3) is 3.99. The van der Waals surface area contributed by atoms with Crippen LogP contribution in [0.3, 0.4) is 0 Å².